The summed E-state index contributed by atoms with van der Waals surface area (Å²) in [6.45, 7) is 1.34. The predicted molar refractivity (Wildman–Crippen MR) is 96.8 cm³/mol. The van der Waals surface area contributed by atoms with Crippen LogP contribution in [0.5, 0.6) is 5.75 Å². The van der Waals surface area contributed by atoms with Crippen molar-refractivity contribution < 1.29 is 9.26 Å². The fourth-order valence-electron chi connectivity index (χ4n) is 1.95. The van der Waals surface area contributed by atoms with Crippen LogP contribution in [0.25, 0.3) is 0 Å². The Morgan fingerprint density at radius 3 is 2.77 bits per heavy atom. The maximum atomic E-state index is 5.33. The molecule has 0 saturated heterocycles. The molecule has 0 fully saturated rings. The minimum Gasteiger partial charge on any atom is -0.496 e. The first-order valence-electron chi connectivity index (χ1n) is 6.79. The molecule has 0 radical (unpaired) electrons. The highest BCUT2D eigenvalue weighted by molar-refractivity contribution is 14.0. The number of methoxy groups -OCH3 is 1. The van der Waals surface area contributed by atoms with Gasteiger partial charge in [0.2, 0.25) is 0 Å². The molecular formula is C15H21IN4O2. The van der Waals surface area contributed by atoms with Crippen molar-refractivity contribution in [3.8, 4) is 5.75 Å². The number of benzene rings is 1. The van der Waals surface area contributed by atoms with Crippen molar-refractivity contribution in [3.63, 3.8) is 0 Å². The molecular weight excluding hydrogens is 395 g/mol. The number of guanidine groups is 1. The number of nitrogens with zero attached hydrogens (tertiary/aromatic N) is 2. The Balaban J connectivity index is 0.00000242. The number of ether oxygens (including phenoxy) is 1. The van der Waals surface area contributed by atoms with E-state index in [0.29, 0.717) is 6.54 Å². The Bertz CT molecular complexity index is 573. The van der Waals surface area contributed by atoms with Crippen molar-refractivity contribution in [3.05, 3.63) is 47.9 Å². The van der Waals surface area contributed by atoms with E-state index >= 15 is 0 Å². The predicted octanol–water partition coefficient (Wildman–Crippen LogP) is 2.21. The largest absolute Gasteiger partial charge is 0.496 e. The van der Waals surface area contributed by atoms with Crippen LogP contribution in [-0.2, 0) is 13.0 Å². The van der Waals surface area contributed by atoms with Crippen LogP contribution in [0, 0.1) is 0 Å². The van der Waals surface area contributed by atoms with Gasteiger partial charge < -0.3 is 19.9 Å². The van der Waals surface area contributed by atoms with Crippen molar-refractivity contribution in [2.24, 2.45) is 4.99 Å². The monoisotopic (exact) mass is 416 g/mol. The van der Waals surface area contributed by atoms with Crippen molar-refractivity contribution in [1.82, 2.24) is 15.8 Å². The lowest BCUT2D eigenvalue weighted by Gasteiger charge is -2.12. The van der Waals surface area contributed by atoms with Crippen LogP contribution in [0.3, 0.4) is 0 Å². The van der Waals surface area contributed by atoms with Gasteiger partial charge in [-0.3, -0.25) is 4.99 Å². The lowest BCUT2D eigenvalue weighted by Crippen LogP contribution is -2.37. The Morgan fingerprint density at radius 2 is 2.09 bits per heavy atom. The molecule has 1 aromatic heterocycles. The summed E-state index contributed by atoms with van der Waals surface area (Å²) >= 11 is 0. The fourth-order valence-corrected chi connectivity index (χ4v) is 1.95. The molecule has 1 aromatic carbocycles. The zero-order valence-electron chi connectivity index (χ0n) is 12.7. The number of hydrogen-bond acceptors (Lipinski definition) is 4. The summed E-state index contributed by atoms with van der Waals surface area (Å²) in [7, 11) is 3.42. The molecule has 0 bridgehead atoms. The average molecular weight is 416 g/mol. The summed E-state index contributed by atoms with van der Waals surface area (Å²) in [5.74, 6) is 1.64. The van der Waals surface area contributed by atoms with Gasteiger partial charge in [0.25, 0.3) is 0 Å². The van der Waals surface area contributed by atoms with Crippen molar-refractivity contribution in [1.29, 1.82) is 0 Å². The van der Waals surface area contributed by atoms with Gasteiger partial charge >= 0.3 is 0 Å². The number of halogens is 1. The molecule has 0 atom stereocenters. The van der Waals surface area contributed by atoms with E-state index in [2.05, 4.69) is 26.8 Å². The zero-order chi connectivity index (χ0) is 14.9. The molecule has 0 aliphatic carbocycles. The van der Waals surface area contributed by atoms with Crippen molar-refractivity contribution in [2.45, 2.75) is 13.0 Å². The van der Waals surface area contributed by atoms with E-state index in [1.54, 1.807) is 20.4 Å². The van der Waals surface area contributed by atoms with Crippen LogP contribution in [0.15, 0.2) is 46.1 Å². The van der Waals surface area contributed by atoms with Crippen molar-refractivity contribution in [2.75, 3.05) is 20.7 Å². The molecule has 0 aliphatic heterocycles. The first-order valence-corrected chi connectivity index (χ1v) is 6.79. The summed E-state index contributed by atoms with van der Waals surface area (Å²) in [5.41, 5.74) is 2.00. The maximum absolute atomic E-state index is 5.33. The van der Waals surface area contributed by atoms with E-state index in [1.807, 2.05) is 24.3 Å². The molecule has 22 heavy (non-hydrogen) atoms. The number of aromatic nitrogens is 1. The van der Waals surface area contributed by atoms with Gasteiger partial charge in [0.1, 0.15) is 17.7 Å². The Labute approximate surface area is 147 Å². The van der Waals surface area contributed by atoms with Crippen LogP contribution in [0.4, 0.5) is 0 Å². The summed E-state index contributed by atoms with van der Waals surface area (Å²) in [6, 6.07) is 9.82. The van der Waals surface area contributed by atoms with Gasteiger partial charge in [-0.2, -0.15) is 0 Å². The van der Waals surface area contributed by atoms with Crippen LogP contribution < -0.4 is 15.4 Å². The second-order valence-electron chi connectivity index (χ2n) is 4.41. The third-order valence-electron chi connectivity index (χ3n) is 3.03. The molecule has 7 heteroatoms. The molecule has 0 unspecified atom stereocenters. The standard InChI is InChI=1S/C15H20N4O2.HI/c1-16-15(18-11-13-8-10-21-19-13)17-9-7-12-5-3-4-6-14(12)20-2;/h3-6,8,10H,7,9,11H2,1-2H3,(H2,16,17,18);1H. The third-order valence-corrected chi connectivity index (χ3v) is 3.03. The smallest absolute Gasteiger partial charge is 0.191 e. The number of aliphatic imine (C=N–C) groups is 1. The van der Waals surface area contributed by atoms with Gasteiger partial charge in [-0.15, -0.1) is 24.0 Å². The lowest BCUT2D eigenvalue weighted by atomic mass is 10.1. The number of nitrogens with one attached hydrogen (secondary N) is 2. The number of hydrogen-bond donors (Lipinski definition) is 2. The quantitative estimate of drug-likeness (QED) is 0.429. The lowest BCUT2D eigenvalue weighted by molar-refractivity contribution is 0.409. The molecule has 0 saturated carbocycles. The average Bonchev–Trinajstić information content (AvgIpc) is 3.04. The second-order valence-corrected chi connectivity index (χ2v) is 4.41. The molecule has 0 aliphatic rings. The first-order chi connectivity index (χ1) is 10.3. The van der Waals surface area contributed by atoms with E-state index in [9.17, 15) is 0 Å². The minimum atomic E-state index is 0. The highest BCUT2D eigenvalue weighted by atomic mass is 127. The summed E-state index contributed by atoms with van der Waals surface area (Å²) in [4.78, 5) is 4.17. The topological polar surface area (TPSA) is 71.7 Å². The summed E-state index contributed by atoms with van der Waals surface area (Å²) in [5, 5.41) is 10.3. The highest BCUT2D eigenvalue weighted by Gasteiger charge is 2.03. The van der Waals surface area contributed by atoms with E-state index in [1.165, 1.54) is 5.56 Å². The van der Waals surface area contributed by atoms with Gasteiger partial charge in [-0.1, -0.05) is 23.4 Å². The van der Waals surface area contributed by atoms with Crippen LogP contribution in [-0.4, -0.2) is 31.8 Å². The van der Waals surface area contributed by atoms with E-state index in [0.717, 1.165) is 30.4 Å². The van der Waals surface area contributed by atoms with E-state index in [-0.39, 0.29) is 24.0 Å². The Morgan fingerprint density at radius 1 is 1.27 bits per heavy atom. The minimum absolute atomic E-state index is 0. The molecule has 120 valence electrons. The normalized spacial score (nSPS) is 10.7. The first kappa shape index (κ1) is 18.3. The number of rotatable bonds is 6. The molecule has 2 rings (SSSR count). The fraction of sp³-hybridized carbons (Fsp3) is 0.333. The second kappa shape index (κ2) is 10.0. The van der Waals surface area contributed by atoms with Gasteiger partial charge in [-0.25, -0.2) is 0 Å². The molecule has 1 heterocycles. The van der Waals surface area contributed by atoms with E-state index in [4.69, 9.17) is 9.26 Å². The Kier molecular flexibility index (Phi) is 8.34. The van der Waals surface area contributed by atoms with Crippen LogP contribution >= 0.6 is 24.0 Å². The molecule has 2 aromatic rings. The van der Waals surface area contributed by atoms with Gasteiger partial charge in [0, 0.05) is 19.7 Å². The van der Waals surface area contributed by atoms with Gasteiger partial charge in [0.05, 0.1) is 13.7 Å². The maximum Gasteiger partial charge on any atom is 0.191 e. The SMILES string of the molecule is CN=C(NCCc1ccccc1OC)NCc1ccon1.I. The van der Waals surface area contributed by atoms with Crippen LogP contribution in [0.1, 0.15) is 11.3 Å². The van der Waals surface area contributed by atoms with Crippen molar-refractivity contribution >= 4 is 29.9 Å². The molecule has 2 N–H and O–H groups in total. The Hall–Kier alpha value is -1.77. The summed E-state index contributed by atoms with van der Waals surface area (Å²) in [6.07, 6.45) is 2.41. The van der Waals surface area contributed by atoms with Crippen LogP contribution in [0.2, 0.25) is 0 Å². The zero-order valence-corrected chi connectivity index (χ0v) is 15.0. The highest BCUT2D eigenvalue weighted by Crippen LogP contribution is 2.17. The summed E-state index contributed by atoms with van der Waals surface area (Å²) < 4.78 is 10.1. The van der Waals surface area contributed by atoms with Gasteiger partial charge in [-0.05, 0) is 18.1 Å². The molecule has 0 amide bonds. The molecule has 0 spiro atoms. The number of para-hydroxylation sites is 1. The van der Waals surface area contributed by atoms with E-state index < -0.39 is 0 Å². The molecule has 6 nitrogen and oxygen atoms in total. The van der Waals surface area contributed by atoms with Gasteiger partial charge in [0.15, 0.2) is 5.96 Å². The third kappa shape index (κ3) is 5.55.